The lowest BCUT2D eigenvalue weighted by atomic mass is 10.1. The first-order chi connectivity index (χ1) is 12.6. The molecule has 3 rings (SSSR count). The van der Waals surface area contributed by atoms with Gasteiger partial charge in [0.25, 0.3) is 0 Å². The third-order valence-corrected chi connectivity index (χ3v) is 4.01. The highest BCUT2D eigenvalue weighted by molar-refractivity contribution is 6.35. The Bertz CT molecular complexity index is 871. The second kappa shape index (κ2) is 8.69. The number of para-hydroxylation sites is 1. The molecule has 0 saturated heterocycles. The van der Waals surface area contributed by atoms with Gasteiger partial charge in [-0.05, 0) is 36.2 Å². The van der Waals surface area contributed by atoms with Crippen molar-refractivity contribution in [3.8, 4) is 5.75 Å². The molecule has 0 saturated carbocycles. The number of hydrogen-bond donors (Lipinski definition) is 2. The van der Waals surface area contributed by atoms with Crippen LogP contribution in [0, 0.1) is 0 Å². The number of benzene rings is 2. The van der Waals surface area contributed by atoms with Crippen molar-refractivity contribution in [3.05, 3.63) is 64.3 Å². The van der Waals surface area contributed by atoms with Crippen LogP contribution in [-0.4, -0.2) is 28.8 Å². The highest BCUT2D eigenvalue weighted by atomic mass is 35.5. The maximum absolute atomic E-state index is 6.00. The van der Waals surface area contributed by atoms with Gasteiger partial charge in [-0.3, -0.25) is 0 Å². The molecule has 0 atom stereocenters. The Morgan fingerprint density at radius 2 is 1.85 bits per heavy atom. The lowest BCUT2D eigenvalue weighted by Crippen LogP contribution is -2.09. The minimum Gasteiger partial charge on any atom is -0.496 e. The molecule has 2 N–H and O–H groups in total. The topological polar surface area (TPSA) is 72.0 Å². The first-order valence-corrected chi connectivity index (χ1v) is 8.68. The molecule has 26 heavy (non-hydrogen) atoms. The molecule has 6 nitrogen and oxygen atoms in total. The molecule has 0 aliphatic heterocycles. The fourth-order valence-electron chi connectivity index (χ4n) is 2.43. The second-order valence-corrected chi connectivity index (χ2v) is 6.31. The smallest absolute Gasteiger partial charge is 0.249 e. The summed E-state index contributed by atoms with van der Waals surface area (Å²) < 4.78 is 5.36. The van der Waals surface area contributed by atoms with E-state index in [1.165, 1.54) is 0 Å². The van der Waals surface area contributed by atoms with Gasteiger partial charge in [0.15, 0.2) is 5.82 Å². The molecule has 2 aromatic carbocycles. The van der Waals surface area contributed by atoms with Crippen LogP contribution >= 0.6 is 23.2 Å². The second-order valence-electron chi connectivity index (χ2n) is 5.44. The first-order valence-electron chi connectivity index (χ1n) is 7.92. The van der Waals surface area contributed by atoms with Crippen molar-refractivity contribution in [1.82, 2.24) is 15.2 Å². The van der Waals surface area contributed by atoms with Crippen LogP contribution in [0.5, 0.6) is 5.75 Å². The van der Waals surface area contributed by atoms with Crippen molar-refractivity contribution in [3.63, 3.8) is 0 Å². The number of rotatable bonds is 7. The minimum absolute atomic E-state index is 0.352. The number of ether oxygens (including phenoxy) is 1. The molecule has 0 unspecified atom stereocenters. The summed E-state index contributed by atoms with van der Waals surface area (Å²) in [6.07, 6.45) is 2.36. The van der Waals surface area contributed by atoms with E-state index >= 15 is 0 Å². The Morgan fingerprint density at radius 3 is 2.62 bits per heavy atom. The molecule has 1 heterocycles. The number of anilines is 3. The van der Waals surface area contributed by atoms with Crippen molar-refractivity contribution in [2.24, 2.45) is 0 Å². The number of nitrogens with zero attached hydrogens (tertiary/aromatic N) is 3. The first kappa shape index (κ1) is 18.2. The molecule has 0 amide bonds. The highest BCUT2D eigenvalue weighted by Gasteiger charge is 2.05. The van der Waals surface area contributed by atoms with Gasteiger partial charge in [-0.2, -0.15) is 10.1 Å². The zero-order valence-electron chi connectivity index (χ0n) is 14.0. The van der Waals surface area contributed by atoms with Crippen LogP contribution in [0.1, 0.15) is 5.56 Å². The zero-order chi connectivity index (χ0) is 18.4. The average Bonchev–Trinajstić information content (AvgIpc) is 2.61. The summed E-state index contributed by atoms with van der Waals surface area (Å²) in [5.41, 5.74) is 1.81. The summed E-state index contributed by atoms with van der Waals surface area (Å²) in [6.45, 7) is 0.682. The minimum atomic E-state index is 0.352. The molecule has 134 valence electrons. The summed E-state index contributed by atoms with van der Waals surface area (Å²) in [5, 5.41) is 15.3. The van der Waals surface area contributed by atoms with E-state index in [2.05, 4.69) is 25.8 Å². The van der Waals surface area contributed by atoms with Crippen LogP contribution in [0.25, 0.3) is 0 Å². The third-order valence-electron chi connectivity index (χ3n) is 3.57. The summed E-state index contributed by atoms with van der Waals surface area (Å²) in [4.78, 5) is 4.39. The highest BCUT2D eigenvalue weighted by Crippen LogP contribution is 2.24. The van der Waals surface area contributed by atoms with Crippen LogP contribution in [0.15, 0.2) is 48.7 Å². The predicted octanol–water partition coefficient (Wildman–Crippen LogP) is 4.59. The third kappa shape index (κ3) is 4.97. The van der Waals surface area contributed by atoms with E-state index in [0.717, 1.165) is 17.7 Å². The Balaban J connectivity index is 1.62. The Hall–Kier alpha value is -2.57. The normalized spacial score (nSPS) is 10.4. The molecule has 8 heteroatoms. The molecule has 0 fully saturated rings. The molecule has 0 spiro atoms. The average molecular weight is 390 g/mol. The molecule has 0 bridgehead atoms. The summed E-state index contributed by atoms with van der Waals surface area (Å²) >= 11 is 12.0. The largest absolute Gasteiger partial charge is 0.496 e. The lowest BCUT2D eigenvalue weighted by Gasteiger charge is -2.10. The predicted molar refractivity (Wildman–Crippen MR) is 105 cm³/mol. The Labute approximate surface area is 161 Å². The van der Waals surface area contributed by atoms with Gasteiger partial charge >= 0.3 is 0 Å². The van der Waals surface area contributed by atoms with E-state index in [-0.39, 0.29) is 0 Å². The molecule has 1 aromatic heterocycles. The van der Waals surface area contributed by atoms with E-state index in [1.54, 1.807) is 31.5 Å². The number of nitrogens with one attached hydrogen (secondary N) is 2. The van der Waals surface area contributed by atoms with Gasteiger partial charge in [0.2, 0.25) is 5.95 Å². The zero-order valence-corrected chi connectivity index (χ0v) is 15.6. The van der Waals surface area contributed by atoms with Gasteiger partial charge in [0.05, 0.1) is 13.3 Å². The summed E-state index contributed by atoms with van der Waals surface area (Å²) in [7, 11) is 1.67. The maximum Gasteiger partial charge on any atom is 0.249 e. The Kier molecular flexibility index (Phi) is 6.09. The summed E-state index contributed by atoms with van der Waals surface area (Å²) in [6, 6.07) is 13.0. The molecular formula is C18H17Cl2N5O. The fourth-order valence-corrected chi connectivity index (χ4v) is 2.96. The maximum atomic E-state index is 6.00. The van der Waals surface area contributed by atoms with E-state index in [0.29, 0.717) is 34.0 Å². The van der Waals surface area contributed by atoms with Gasteiger partial charge in [-0.25, -0.2) is 0 Å². The summed E-state index contributed by atoms with van der Waals surface area (Å²) in [5.74, 6) is 1.84. The lowest BCUT2D eigenvalue weighted by molar-refractivity contribution is 0.410. The van der Waals surface area contributed by atoms with Crippen LogP contribution < -0.4 is 15.4 Å². The standard InChI is InChI=1S/C18H17Cl2N5O/c1-26-16-5-3-2-4-12(16)6-7-21-17-11-22-25-18(24-17)23-15-9-13(19)8-14(20)10-15/h2-5,8-11H,6-7H2,1H3,(H2,21,23,24,25). The molecule has 3 aromatic rings. The Morgan fingerprint density at radius 1 is 1.08 bits per heavy atom. The number of methoxy groups -OCH3 is 1. The van der Waals surface area contributed by atoms with E-state index in [9.17, 15) is 0 Å². The quantitative estimate of drug-likeness (QED) is 0.615. The van der Waals surface area contributed by atoms with Crippen molar-refractivity contribution in [2.45, 2.75) is 6.42 Å². The number of aromatic nitrogens is 3. The van der Waals surface area contributed by atoms with E-state index in [4.69, 9.17) is 27.9 Å². The fraction of sp³-hybridized carbons (Fsp3) is 0.167. The monoisotopic (exact) mass is 389 g/mol. The van der Waals surface area contributed by atoms with Crippen molar-refractivity contribution >= 4 is 40.7 Å². The SMILES string of the molecule is COc1ccccc1CCNc1cnnc(Nc2cc(Cl)cc(Cl)c2)n1. The van der Waals surface area contributed by atoms with Crippen LogP contribution in [-0.2, 0) is 6.42 Å². The van der Waals surface area contributed by atoms with E-state index < -0.39 is 0 Å². The molecule has 0 aliphatic carbocycles. The van der Waals surface area contributed by atoms with E-state index in [1.807, 2.05) is 24.3 Å². The molecule has 0 radical (unpaired) electrons. The van der Waals surface area contributed by atoms with Crippen LogP contribution in [0.4, 0.5) is 17.5 Å². The molecular weight excluding hydrogens is 373 g/mol. The van der Waals surface area contributed by atoms with Crippen LogP contribution in [0.2, 0.25) is 10.0 Å². The van der Waals surface area contributed by atoms with Gasteiger partial charge in [0.1, 0.15) is 5.75 Å². The van der Waals surface area contributed by atoms with Crippen molar-refractivity contribution in [1.29, 1.82) is 0 Å². The van der Waals surface area contributed by atoms with Gasteiger partial charge in [-0.15, -0.1) is 5.10 Å². The number of hydrogen-bond acceptors (Lipinski definition) is 6. The number of halogens is 2. The van der Waals surface area contributed by atoms with Gasteiger partial charge < -0.3 is 15.4 Å². The van der Waals surface area contributed by atoms with Gasteiger partial charge in [0, 0.05) is 22.3 Å². The van der Waals surface area contributed by atoms with Gasteiger partial charge in [-0.1, -0.05) is 41.4 Å². The van der Waals surface area contributed by atoms with Crippen molar-refractivity contribution < 1.29 is 4.74 Å². The molecule has 0 aliphatic rings. The van der Waals surface area contributed by atoms with Crippen molar-refractivity contribution in [2.75, 3.05) is 24.3 Å². The van der Waals surface area contributed by atoms with Crippen LogP contribution in [0.3, 0.4) is 0 Å².